The number of carbonyl (C=O) groups excluding carboxylic acids is 2. The summed E-state index contributed by atoms with van der Waals surface area (Å²) < 4.78 is 39.6. The summed E-state index contributed by atoms with van der Waals surface area (Å²) in [5.74, 6) is -0.926. The minimum atomic E-state index is -4.44. The van der Waals surface area contributed by atoms with Crippen LogP contribution in [0.5, 0.6) is 0 Å². The molecular formula is C16H15F3N4O2. The fourth-order valence-electron chi connectivity index (χ4n) is 2.82. The second-order valence-corrected chi connectivity index (χ2v) is 5.74. The third-order valence-corrected chi connectivity index (χ3v) is 4.09. The Labute approximate surface area is 141 Å². The van der Waals surface area contributed by atoms with E-state index < -0.39 is 23.6 Å². The molecule has 2 aromatic rings. The molecular weight excluding hydrogens is 337 g/mol. The van der Waals surface area contributed by atoms with Crippen LogP contribution in [0.25, 0.3) is 0 Å². The zero-order valence-electron chi connectivity index (χ0n) is 13.5. The molecule has 1 unspecified atom stereocenters. The molecule has 2 amide bonds. The molecule has 1 atom stereocenters. The maximum Gasteiger partial charge on any atom is 0.416 e. The van der Waals surface area contributed by atoms with Gasteiger partial charge in [-0.05, 0) is 31.2 Å². The number of hydrogen-bond donors (Lipinski definition) is 1. The van der Waals surface area contributed by atoms with Crippen molar-refractivity contribution in [2.45, 2.75) is 19.1 Å². The molecule has 9 heteroatoms. The first-order chi connectivity index (χ1) is 11.7. The largest absolute Gasteiger partial charge is 0.416 e. The van der Waals surface area contributed by atoms with Gasteiger partial charge in [-0.2, -0.15) is 18.3 Å². The van der Waals surface area contributed by atoms with Crippen LogP contribution in [0, 0.1) is 0 Å². The van der Waals surface area contributed by atoms with E-state index in [0.717, 1.165) is 12.1 Å². The number of anilines is 1. The van der Waals surface area contributed by atoms with Crippen LogP contribution in [-0.2, 0) is 6.18 Å². The van der Waals surface area contributed by atoms with E-state index in [2.05, 4.69) is 10.4 Å². The zero-order chi connectivity index (χ0) is 18.4. The lowest BCUT2D eigenvalue weighted by molar-refractivity contribution is -0.137. The molecule has 132 valence electrons. The van der Waals surface area contributed by atoms with Gasteiger partial charge in [-0.25, -0.2) is 0 Å². The van der Waals surface area contributed by atoms with Gasteiger partial charge < -0.3 is 10.2 Å². The number of nitrogens with one attached hydrogen (secondary N) is 1. The molecule has 0 fully saturated rings. The van der Waals surface area contributed by atoms with Gasteiger partial charge in [0.05, 0.1) is 23.4 Å². The number of alkyl halides is 3. The smallest absolute Gasteiger partial charge is 0.355 e. The molecule has 6 nitrogen and oxygen atoms in total. The summed E-state index contributed by atoms with van der Waals surface area (Å²) in [6, 6.07) is 4.13. The van der Waals surface area contributed by atoms with Crippen molar-refractivity contribution < 1.29 is 22.8 Å². The summed E-state index contributed by atoms with van der Waals surface area (Å²) in [5.41, 5.74) is -0.195. The van der Waals surface area contributed by atoms with Crippen molar-refractivity contribution in [3.05, 3.63) is 47.3 Å². The Kier molecular flexibility index (Phi) is 4.02. The number of nitrogens with zero attached hydrogens (tertiary/aromatic N) is 3. The molecule has 2 heterocycles. The molecule has 0 spiro atoms. The number of amides is 2. The van der Waals surface area contributed by atoms with Crippen molar-refractivity contribution in [2.24, 2.45) is 0 Å². The molecule has 0 radical (unpaired) electrons. The van der Waals surface area contributed by atoms with E-state index >= 15 is 0 Å². The van der Waals surface area contributed by atoms with Crippen LogP contribution in [0.1, 0.15) is 39.4 Å². The van der Waals surface area contributed by atoms with Crippen LogP contribution in [0.3, 0.4) is 0 Å². The summed E-state index contributed by atoms with van der Waals surface area (Å²) in [5, 5.41) is 6.53. The first kappa shape index (κ1) is 17.0. The van der Waals surface area contributed by atoms with Gasteiger partial charge in [0, 0.05) is 19.3 Å². The Balaban J connectivity index is 1.99. The van der Waals surface area contributed by atoms with E-state index in [1.54, 1.807) is 0 Å². The molecule has 0 aliphatic carbocycles. The zero-order valence-corrected chi connectivity index (χ0v) is 13.5. The third-order valence-electron chi connectivity index (χ3n) is 4.09. The SMILES string of the molecule is CNC(=O)c1cnn2c1C(=O)N(c1ccc(C(F)(F)F)cc1)CC2C. The van der Waals surface area contributed by atoms with Gasteiger partial charge >= 0.3 is 6.18 Å². The monoisotopic (exact) mass is 352 g/mol. The molecule has 0 saturated carbocycles. The minimum absolute atomic E-state index is 0.123. The van der Waals surface area contributed by atoms with Crippen molar-refractivity contribution in [2.75, 3.05) is 18.5 Å². The van der Waals surface area contributed by atoms with Crippen molar-refractivity contribution in [3.63, 3.8) is 0 Å². The Bertz CT molecular complexity index is 827. The van der Waals surface area contributed by atoms with Crippen LogP contribution in [0.15, 0.2) is 30.5 Å². The predicted octanol–water partition coefficient (Wildman–Crippen LogP) is 2.48. The maximum absolute atomic E-state index is 12.8. The van der Waals surface area contributed by atoms with Crippen LogP contribution >= 0.6 is 0 Å². The summed E-state index contributed by atoms with van der Waals surface area (Å²) in [4.78, 5) is 26.1. The normalized spacial score (nSPS) is 17.4. The Morgan fingerprint density at radius 2 is 1.92 bits per heavy atom. The van der Waals surface area contributed by atoms with Gasteiger partial charge in [0.2, 0.25) is 0 Å². The average molecular weight is 352 g/mol. The molecule has 0 saturated heterocycles. The number of hydrogen-bond acceptors (Lipinski definition) is 3. The average Bonchev–Trinajstić information content (AvgIpc) is 3.02. The molecule has 1 aromatic carbocycles. The molecule has 1 N–H and O–H groups in total. The highest BCUT2D eigenvalue weighted by atomic mass is 19.4. The highest BCUT2D eigenvalue weighted by Gasteiger charge is 2.36. The van der Waals surface area contributed by atoms with Gasteiger partial charge in [0.1, 0.15) is 5.69 Å². The highest BCUT2D eigenvalue weighted by Crippen LogP contribution is 2.32. The Hall–Kier alpha value is -2.84. The highest BCUT2D eigenvalue weighted by molar-refractivity contribution is 6.12. The van der Waals surface area contributed by atoms with Gasteiger partial charge in [0.15, 0.2) is 0 Å². The third kappa shape index (κ3) is 2.86. The lowest BCUT2D eigenvalue weighted by Gasteiger charge is -2.32. The topological polar surface area (TPSA) is 67.2 Å². The number of aromatic nitrogens is 2. The quantitative estimate of drug-likeness (QED) is 0.903. The van der Waals surface area contributed by atoms with E-state index in [-0.39, 0.29) is 23.8 Å². The van der Waals surface area contributed by atoms with Crippen LogP contribution in [0.4, 0.5) is 18.9 Å². The standard InChI is InChI=1S/C16H15F3N4O2/c1-9-8-22(11-5-3-10(4-6-11)16(17,18)19)15(25)13-12(14(24)20-2)7-21-23(9)13/h3-7,9H,8H2,1-2H3,(H,20,24). The Morgan fingerprint density at radius 1 is 1.28 bits per heavy atom. The van der Waals surface area contributed by atoms with Crippen molar-refractivity contribution in [3.8, 4) is 0 Å². The van der Waals surface area contributed by atoms with Crippen molar-refractivity contribution >= 4 is 17.5 Å². The van der Waals surface area contributed by atoms with Gasteiger partial charge in [-0.15, -0.1) is 0 Å². The first-order valence-corrected chi connectivity index (χ1v) is 7.52. The molecule has 1 aliphatic heterocycles. The molecule has 1 aromatic heterocycles. The summed E-state index contributed by atoms with van der Waals surface area (Å²) >= 11 is 0. The van der Waals surface area contributed by atoms with Crippen LogP contribution in [0.2, 0.25) is 0 Å². The number of fused-ring (bicyclic) bond motifs is 1. The lowest BCUT2D eigenvalue weighted by atomic mass is 10.1. The summed E-state index contributed by atoms with van der Waals surface area (Å²) in [6.45, 7) is 2.06. The van der Waals surface area contributed by atoms with E-state index in [0.29, 0.717) is 5.69 Å². The first-order valence-electron chi connectivity index (χ1n) is 7.52. The number of carbonyl (C=O) groups is 2. The second kappa shape index (κ2) is 5.91. The molecule has 0 bridgehead atoms. The fourth-order valence-corrected chi connectivity index (χ4v) is 2.82. The van der Waals surface area contributed by atoms with Gasteiger partial charge in [-0.1, -0.05) is 0 Å². The second-order valence-electron chi connectivity index (χ2n) is 5.74. The molecule has 1 aliphatic rings. The fraction of sp³-hybridized carbons (Fsp3) is 0.312. The number of halogens is 3. The van der Waals surface area contributed by atoms with Gasteiger partial charge in [0.25, 0.3) is 11.8 Å². The number of benzene rings is 1. The minimum Gasteiger partial charge on any atom is -0.355 e. The van der Waals surface area contributed by atoms with E-state index in [1.165, 1.54) is 35.0 Å². The van der Waals surface area contributed by atoms with Crippen molar-refractivity contribution in [1.29, 1.82) is 0 Å². The van der Waals surface area contributed by atoms with Gasteiger partial charge in [-0.3, -0.25) is 14.3 Å². The van der Waals surface area contributed by atoms with E-state index in [9.17, 15) is 22.8 Å². The predicted molar refractivity (Wildman–Crippen MR) is 83.4 cm³/mol. The lowest BCUT2D eigenvalue weighted by Crippen LogP contribution is -2.43. The Morgan fingerprint density at radius 3 is 2.48 bits per heavy atom. The van der Waals surface area contributed by atoms with Crippen molar-refractivity contribution in [1.82, 2.24) is 15.1 Å². The molecule has 3 rings (SSSR count). The van der Waals surface area contributed by atoms with E-state index in [1.807, 2.05) is 6.92 Å². The number of rotatable bonds is 2. The molecule has 25 heavy (non-hydrogen) atoms. The summed E-state index contributed by atoms with van der Waals surface area (Å²) in [6.07, 6.45) is -3.12. The van der Waals surface area contributed by atoms with Crippen LogP contribution < -0.4 is 10.2 Å². The maximum atomic E-state index is 12.8. The summed E-state index contributed by atoms with van der Waals surface area (Å²) in [7, 11) is 1.44. The van der Waals surface area contributed by atoms with E-state index in [4.69, 9.17) is 0 Å². The van der Waals surface area contributed by atoms with Crippen LogP contribution in [-0.4, -0.2) is 35.2 Å².